The number of ketones is 1. The van der Waals surface area contributed by atoms with Gasteiger partial charge in [-0.2, -0.15) is 0 Å². The molecule has 0 aromatic heterocycles. The van der Waals surface area contributed by atoms with Gasteiger partial charge in [-0.3, -0.25) is 24.1 Å². The summed E-state index contributed by atoms with van der Waals surface area (Å²) in [4.78, 5) is 60.1. The summed E-state index contributed by atoms with van der Waals surface area (Å²) in [5, 5.41) is 10.3. The summed E-state index contributed by atoms with van der Waals surface area (Å²) in [6.07, 6.45) is 2.14. The summed E-state index contributed by atoms with van der Waals surface area (Å²) in [6, 6.07) is 5.39. The van der Waals surface area contributed by atoms with Gasteiger partial charge in [0.05, 0.1) is 17.7 Å². The molecule has 2 fully saturated rings. The van der Waals surface area contributed by atoms with Gasteiger partial charge in [0.1, 0.15) is 6.04 Å². The lowest BCUT2D eigenvalue weighted by molar-refractivity contribution is -0.156. The highest BCUT2D eigenvalue weighted by Gasteiger charge is 2.55. The number of hydrogen-bond donors (Lipinski definition) is 2. The van der Waals surface area contributed by atoms with E-state index in [1.165, 1.54) is 4.90 Å². The summed E-state index contributed by atoms with van der Waals surface area (Å²) >= 11 is 6.20. The van der Waals surface area contributed by atoms with Crippen LogP contribution in [0.15, 0.2) is 29.4 Å². The normalized spacial score (nSPS) is 24.1. The number of amides is 3. The van der Waals surface area contributed by atoms with Crippen molar-refractivity contribution in [1.82, 2.24) is 15.5 Å². The zero-order chi connectivity index (χ0) is 27.8. The average Bonchev–Trinajstić information content (AvgIpc) is 3.45. The lowest BCUT2D eigenvalue weighted by Gasteiger charge is -2.35. The summed E-state index contributed by atoms with van der Waals surface area (Å²) in [7, 11) is 0. The maximum absolute atomic E-state index is 13.8. The van der Waals surface area contributed by atoms with Crippen molar-refractivity contribution < 1.29 is 24.0 Å². The first-order chi connectivity index (χ1) is 17.9. The highest BCUT2D eigenvalue weighted by Crippen LogP contribution is 2.41. The van der Waals surface area contributed by atoms with Crippen molar-refractivity contribution in [2.24, 2.45) is 22.4 Å². The molecule has 38 heavy (non-hydrogen) atoms. The van der Waals surface area contributed by atoms with Gasteiger partial charge < -0.3 is 15.5 Å². The van der Waals surface area contributed by atoms with E-state index in [1.54, 1.807) is 12.1 Å². The Hall–Kier alpha value is -2.94. The second-order valence-corrected chi connectivity index (χ2v) is 12.1. The van der Waals surface area contributed by atoms with Gasteiger partial charge in [0, 0.05) is 22.5 Å². The monoisotopic (exact) mass is 544 g/mol. The van der Waals surface area contributed by atoms with Crippen LogP contribution in [-0.4, -0.2) is 58.5 Å². The quantitative estimate of drug-likeness (QED) is 0.462. The predicted octanol–water partition coefficient (Wildman–Crippen LogP) is 3.43. The molecule has 1 aliphatic carbocycles. The lowest BCUT2D eigenvalue weighted by Crippen LogP contribution is -2.56. The first-order valence-electron chi connectivity index (χ1n) is 13.4. The van der Waals surface area contributed by atoms with Crippen molar-refractivity contribution in [2.45, 2.75) is 91.1 Å². The fourth-order valence-corrected chi connectivity index (χ4v) is 5.07. The third-order valence-corrected chi connectivity index (χ3v) is 7.97. The minimum absolute atomic E-state index is 0.0342. The van der Waals surface area contributed by atoms with Crippen LogP contribution in [0, 0.1) is 17.3 Å². The lowest BCUT2D eigenvalue weighted by atomic mass is 9.81. The number of likely N-dealkylation sites (tertiary alicyclic amines) is 1. The number of Topliss-reactive ketones (excluding diaryl/α,β-unsaturated/α-hetero) is 1. The van der Waals surface area contributed by atoms with Crippen molar-refractivity contribution in [3.63, 3.8) is 0 Å². The van der Waals surface area contributed by atoms with E-state index < -0.39 is 41.8 Å². The molecule has 1 saturated heterocycles. The molecule has 2 aliphatic heterocycles. The zero-order valence-electron chi connectivity index (χ0n) is 22.6. The van der Waals surface area contributed by atoms with Gasteiger partial charge >= 0.3 is 0 Å². The Labute approximate surface area is 228 Å². The van der Waals surface area contributed by atoms with Crippen LogP contribution >= 0.6 is 11.6 Å². The third-order valence-electron chi connectivity index (χ3n) is 7.74. The van der Waals surface area contributed by atoms with Crippen LogP contribution in [0.3, 0.4) is 0 Å². The van der Waals surface area contributed by atoms with Crippen molar-refractivity contribution in [3.05, 3.63) is 34.9 Å². The molecule has 2 N–H and O–H groups in total. The van der Waals surface area contributed by atoms with Crippen LogP contribution in [0.25, 0.3) is 0 Å². The highest BCUT2D eigenvalue weighted by molar-refractivity contribution is 6.38. The van der Waals surface area contributed by atoms with Crippen LogP contribution in [0.1, 0.15) is 72.3 Å². The van der Waals surface area contributed by atoms with Gasteiger partial charge in [-0.05, 0) is 43.2 Å². The minimum atomic E-state index is -0.967. The molecule has 0 bridgehead atoms. The molecule has 9 nitrogen and oxygen atoms in total. The van der Waals surface area contributed by atoms with Crippen molar-refractivity contribution in [2.75, 3.05) is 0 Å². The summed E-state index contributed by atoms with van der Waals surface area (Å²) in [5.74, 6) is -2.80. The number of nitrogens with zero attached hydrogens (tertiary/aromatic N) is 2. The Bertz CT molecular complexity index is 1140. The molecule has 10 heteroatoms. The molecule has 3 aliphatic rings. The van der Waals surface area contributed by atoms with E-state index in [2.05, 4.69) is 15.8 Å². The minimum Gasteiger partial charge on any atom is -0.369 e. The van der Waals surface area contributed by atoms with Crippen LogP contribution in [0.2, 0.25) is 5.02 Å². The van der Waals surface area contributed by atoms with Crippen LogP contribution < -0.4 is 10.6 Å². The fraction of sp³-hybridized carbons (Fsp3) is 0.607. The first-order valence-corrected chi connectivity index (χ1v) is 13.8. The molecule has 1 saturated carbocycles. The number of oxime groups is 1. The van der Waals surface area contributed by atoms with E-state index in [4.69, 9.17) is 16.4 Å². The van der Waals surface area contributed by atoms with Crippen molar-refractivity contribution >= 4 is 40.8 Å². The Kier molecular flexibility index (Phi) is 8.16. The van der Waals surface area contributed by atoms with Crippen LogP contribution in [-0.2, 0) is 24.0 Å². The zero-order valence-corrected chi connectivity index (χ0v) is 23.4. The Morgan fingerprint density at radius 1 is 1.21 bits per heavy atom. The SMILES string of the molecule is CCC[C@H](NC(=O)[C@@H]1CC2C(c3cccc(Cl)c3)=NOC2N1C(=O)[C@@H](C)C(C)(C)C)C(=O)C(=O)NC1CC1. The van der Waals surface area contributed by atoms with Gasteiger partial charge in [0.2, 0.25) is 23.8 Å². The molecular weight excluding hydrogens is 508 g/mol. The highest BCUT2D eigenvalue weighted by atomic mass is 35.5. The molecule has 0 radical (unpaired) electrons. The van der Waals surface area contributed by atoms with E-state index >= 15 is 0 Å². The molecule has 2 heterocycles. The van der Waals surface area contributed by atoms with Gasteiger partial charge in [-0.1, -0.05) is 69.9 Å². The van der Waals surface area contributed by atoms with Crippen LogP contribution in [0.4, 0.5) is 0 Å². The first kappa shape index (κ1) is 28.1. The molecule has 1 aromatic carbocycles. The third kappa shape index (κ3) is 5.87. The number of halogens is 1. The number of carbonyl (C=O) groups is 4. The van der Waals surface area contributed by atoms with E-state index in [9.17, 15) is 19.2 Å². The maximum Gasteiger partial charge on any atom is 0.289 e. The molecule has 2 unspecified atom stereocenters. The van der Waals surface area contributed by atoms with E-state index in [-0.39, 0.29) is 29.7 Å². The van der Waals surface area contributed by atoms with E-state index in [1.807, 2.05) is 46.8 Å². The number of nitrogens with one attached hydrogen (secondary N) is 2. The fourth-order valence-electron chi connectivity index (χ4n) is 4.88. The smallest absolute Gasteiger partial charge is 0.289 e. The summed E-state index contributed by atoms with van der Waals surface area (Å²) < 4.78 is 0. The topological polar surface area (TPSA) is 117 Å². The number of fused-ring (bicyclic) bond motifs is 1. The molecule has 3 amide bonds. The van der Waals surface area contributed by atoms with Crippen molar-refractivity contribution in [3.8, 4) is 0 Å². The number of benzene rings is 1. The maximum atomic E-state index is 13.8. The van der Waals surface area contributed by atoms with E-state index in [0.29, 0.717) is 23.6 Å². The summed E-state index contributed by atoms with van der Waals surface area (Å²) in [5.41, 5.74) is 1.03. The molecule has 1 aromatic rings. The average molecular weight is 545 g/mol. The molecule has 4 rings (SSSR count). The van der Waals surface area contributed by atoms with Gasteiger partial charge in [0.15, 0.2) is 0 Å². The van der Waals surface area contributed by atoms with Gasteiger partial charge in [-0.25, -0.2) is 0 Å². The molecule has 0 spiro atoms. The largest absolute Gasteiger partial charge is 0.369 e. The van der Waals surface area contributed by atoms with Crippen molar-refractivity contribution in [1.29, 1.82) is 0 Å². The second-order valence-electron chi connectivity index (χ2n) is 11.6. The van der Waals surface area contributed by atoms with Gasteiger partial charge in [-0.15, -0.1) is 0 Å². The summed E-state index contributed by atoms with van der Waals surface area (Å²) in [6.45, 7) is 9.62. The molecule has 5 atom stereocenters. The Morgan fingerprint density at radius 2 is 1.92 bits per heavy atom. The molecule has 206 valence electrons. The number of carbonyl (C=O) groups excluding carboxylic acids is 4. The van der Waals surface area contributed by atoms with Gasteiger partial charge in [0.25, 0.3) is 5.91 Å². The van der Waals surface area contributed by atoms with Crippen LogP contribution in [0.5, 0.6) is 0 Å². The number of hydrogen-bond acceptors (Lipinski definition) is 6. The Balaban J connectivity index is 1.59. The van der Waals surface area contributed by atoms with E-state index in [0.717, 1.165) is 18.4 Å². The standard InChI is InChI=1S/C28H37ClN4O5/c1-6-8-20(23(34)25(36)30-18-11-12-18)31-24(35)21-14-19-22(16-9-7-10-17(29)13-16)32-38-27(19)33(21)26(37)15(2)28(3,4)5/h7,9-10,13,15,18-21,27H,6,8,11-12,14H2,1-5H3,(H,30,36)(H,31,35)/t15-,19?,20+,21+,27?/m1/s1. The predicted molar refractivity (Wildman–Crippen MR) is 143 cm³/mol. The Morgan fingerprint density at radius 3 is 2.53 bits per heavy atom. The number of rotatable bonds is 9. The second kappa shape index (κ2) is 11.0. The molecular formula is C28H37ClN4O5.